The van der Waals surface area contributed by atoms with E-state index in [9.17, 15) is 9.59 Å². The van der Waals surface area contributed by atoms with Gasteiger partial charge in [0.2, 0.25) is 11.8 Å². The fraction of sp³-hybridized carbons (Fsp3) is 0.500. The molecule has 3 N–H and O–H groups in total. The van der Waals surface area contributed by atoms with E-state index in [1.807, 2.05) is 30.3 Å². The summed E-state index contributed by atoms with van der Waals surface area (Å²) in [7, 11) is 1.57. The lowest BCUT2D eigenvalue weighted by Gasteiger charge is -2.37. The Bertz CT molecular complexity index is 496. The van der Waals surface area contributed by atoms with Crippen molar-refractivity contribution in [2.24, 2.45) is 0 Å². The van der Waals surface area contributed by atoms with E-state index in [1.165, 1.54) is 0 Å². The maximum Gasteiger partial charge on any atom is 0.242 e. The second kappa shape index (κ2) is 6.72. The van der Waals surface area contributed by atoms with Crippen molar-refractivity contribution >= 4 is 11.8 Å². The van der Waals surface area contributed by atoms with Crippen LogP contribution in [-0.2, 0) is 15.0 Å². The van der Waals surface area contributed by atoms with Crippen molar-refractivity contribution in [2.45, 2.75) is 31.2 Å². The molecule has 0 saturated carbocycles. The zero-order valence-electron chi connectivity index (χ0n) is 12.6. The van der Waals surface area contributed by atoms with Crippen molar-refractivity contribution in [1.29, 1.82) is 0 Å². The zero-order chi connectivity index (χ0) is 15.3. The number of likely N-dealkylation sites (N-methyl/N-ethyl adjacent to an activating group) is 1. The molecule has 0 radical (unpaired) electrons. The van der Waals surface area contributed by atoms with Crippen LogP contribution in [0.3, 0.4) is 0 Å². The minimum absolute atomic E-state index is 0.0636. The number of hydrogen-bond acceptors (Lipinski definition) is 3. The first-order valence-corrected chi connectivity index (χ1v) is 7.39. The lowest BCUT2D eigenvalue weighted by Crippen LogP contribution is -2.55. The van der Waals surface area contributed by atoms with Crippen LogP contribution in [0.4, 0.5) is 0 Å². The number of carbonyl (C=O) groups excluding carboxylic acids is 2. The van der Waals surface area contributed by atoms with E-state index in [-0.39, 0.29) is 11.8 Å². The van der Waals surface area contributed by atoms with Gasteiger partial charge in [-0.3, -0.25) is 9.59 Å². The summed E-state index contributed by atoms with van der Waals surface area (Å²) in [6.45, 7) is 3.31. The number of carbonyl (C=O) groups is 2. The fourth-order valence-corrected chi connectivity index (χ4v) is 2.87. The Kier molecular flexibility index (Phi) is 4.96. The predicted molar refractivity (Wildman–Crippen MR) is 81.9 cm³/mol. The molecule has 21 heavy (non-hydrogen) atoms. The quantitative estimate of drug-likeness (QED) is 0.758. The molecule has 5 nitrogen and oxygen atoms in total. The molecule has 0 bridgehead atoms. The van der Waals surface area contributed by atoms with Crippen LogP contribution in [0.15, 0.2) is 30.3 Å². The summed E-state index contributed by atoms with van der Waals surface area (Å²) in [5, 5.41) is 8.71. The summed E-state index contributed by atoms with van der Waals surface area (Å²) in [4.78, 5) is 24.5. The molecule has 1 fully saturated rings. The van der Waals surface area contributed by atoms with Crippen LogP contribution >= 0.6 is 0 Å². The average Bonchev–Trinajstić information content (AvgIpc) is 2.55. The lowest BCUT2D eigenvalue weighted by molar-refractivity contribution is -0.132. The first-order chi connectivity index (χ1) is 10.1. The molecule has 0 spiro atoms. The van der Waals surface area contributed by atoms with Gasteiger partial charge in [0.15, 0.2) is 0 Å². The van der Waals surface area contributed by atoms with Crippen LogP contribution < -0.4 is 16.0 Å². The molecular weight excluding hydrogens is 266 g/mol. The highest BCUT2D eigenvalue weighted by atomic mass is 16.2. The Morgan fingerprint density at radius 1 is 1.19 bits per heavy atom. The Hall–Kier alpha value is -1.88. The molecule has 1 atom stereocenters. The zero-order valence-corrected chi connectivity index (χ0v) is 12.6. The van der Waals surface area contributed by atoms with Crippen LogP contribution in [0.1, 0.15) is 25.3 Å². The molecule has 1 aliphatic heterocycles. The number of rotatable bonds is 4. The fourth-order valence-electron chi connectivity index (χ4n) is 2.87. The van der Waals surface area contributed by atoms with Gasteiger partial charge in [0.1, 0.15) is 6.04 Å². The van der Waals surface area contributed by atoms with Gasteiger partial charge in [-0.25, -0.2) is 0 Å². The Balaban J connectivity index is 2.24. The van der Waals surface area contributed by atoms with Crippen molar-refractivity contribution in [3.8, 4) is 0 Å². The Morgan fingerprint density at radius 3 is 2.38 bits per heavy atom. The average molecular weight is 289 g/mol. The number of piperidine rings is 1. The Labute approximate surface area is 125 Å². The van der Waals surface area contributed by atoms with Gasteiger partial charge in [0.05, 0.1) is 5.41 Å². The number of amides is 2. The second-order valence-corrected chi connectivity index (χ2v) is 5.51. The van der Waals surface area contributed by atoms with Gasteiger partial charge in [-0.1, -0.05) is 30.3 Å². The molecule has 1 heterocycles. The van der Waals surface area contributed by atoms with Gasteiger partial charge in [-0.2, -0.15) is 0 Å². The molecule has 1 aliphatic rings. The third-order valence-corrected chi connectivity index (χ3v) is 4.21. The maximum absolute atomic E-state index is 12.8. The van der Waals surface area contributed by atoms with Gasteiger partial charge < -0.3 is 16.0 Å². The summed E-state index contributed by atoms with van der Waals surface area (Å²) in [6, 6.07) is 9.31. The molecule has 0 aliphatic carbocycles. The second-order valence-electron chi connectivity index (χ2n) is 5.51. The summed E-state index contributed by atoms with van der Waals surface area (Å²) in [5.41, 5.74) is 0.475. The van der Waals surface area contributed by atoms with Crippen molar-refractivity contribution in [3.63, 3.8) is 0 Å². The molecule has 2 amide bonds. The van der Waals surface area contributed by atoms with Crippen LogP contribution in [0.5, 0.6) is 0 Å². The van der Waals surface area contributed by atoms with Crippen LogP contribution in [0, 0.1) is 0 Å². The first kappa shape index (κ1) is 15.5. The minimum Gasteiger partial charge on any atom is -0.357 e. The standard InChI is InChI=1S/C16H23N3O2/c1-12(14(20)17-2)19-15(21)16(8-10-18-11-9-16)13-6-4-3-5-7-13/h3-7,12,18H,8-11H2,1-2H3,(H,17,20)(H,19,21). The van der Waals surface area contributed by atoms with E-state index >= 15 is 0 Å². The van der Waals surface area contributed by atoms with Crippen molar-refractivity contribution in [3.05, 3.63) is 35.9 Å². The topological polar surface area (TPSA) is 70.2 Å². The molecule has 114 valence electrons. The minimum atomic E-state index is -0.547. The molecule has 5 heteroatoms. The maximum atomic E-state index is 12.8. The third-order valence-electron chi connectivity index (χ3n) is 4.21. The molecule has 1 aromatic rings. The Morgan fingerprint density at radius 2 is 1.81 bits per heavy atom. The van der Waals surface area contributed by atoms with Gasteiger partial charge in [0.25, 0.3) is 0 Å². The van der Waals surface area contributed by atoms with Gasteiger partial charge in [-0.05, 0) is 38.4 Å². The van der Waals surface area contributed by atoms with Gasteiger partial charge in [-0.15, -0.1) is 0 Å². The summed E-state index contributed by atoms with van der Waals surface area (Å²) in [6.07, 6.45) is 1.48. The van der Waals surface area contributed by atoms with Crippen molar-refractivity contribution < 1.29 is 9.59 Å². The summed E-state index contributed by atoms with van der Waals surface area (Å²) < 4.78 is 0. The molecule has 1 unspecified atom stereocenters. The van der Waals surface area contributed by atoms with E-state index in [4.69, 9.17) is 0 Å². The molecule has 1 saturated heterocycles. The SMILES string of the molecule is CNC(=O)C(C)NC(=O)C1(c2ccccc2)CCNCC1. The third kappa shape index (κ3) is 3.24. The van der Waals surface area contributed by atoms with Crippen LogP contribution in [-0.4, -0.2) is 38.0 Å². The number of benzene rings is 1. The van der Waals surface area contributed by atoms with E-state index in [0.29, 0.717) is 0 Å². The molecular formula is C16H23N3O2. The number of hydrogen-bond donors (Lipinski definition) is 3. The smallest absolute Gasteiger partial charge is 0.242 e. The number of nitrogens with one attached hydrogen (secondary N) is 3. The molecule has 1 aromatic carbocycles. The van der Waals surface area contributed by atoms with Crippen LogP contribution in [0.25, 0.3) is 0 Å². The van der Waals surface area contributed by atoms with Gasteiger partial charge in [0, 0.05) is 7.05 Å². The molecule has 0 aromatic heterocycles. The highest BCUT2D eigenvalue weighted by molar-refractivity contribution is 5.93. The largest absolute Gasteiger partial charge is 0.357 e. The molecule has 2 rings (SSSR count). The normalized spacial score (nSPS) is 18.6. The predicted octanol–water partition coefficient (Wildman–Crippen LogP) is 0.559. The van der Waals surface area contributed by atoms with E-state index in [1.54, 1.807) is 14.0 Å². The van der Waals surface area contributed by atoms with E-state index < -0.39 is 11.5 Å². The summed E-state index contributed by atoms with van der Waals surface area (Å²) >= 11 is 0. The highest BCUT2D eigenvalue weighted by Gasteiger charge is 2.41. The van der Waals surface area contributed by atoms with E-state index in [0.717, 1.165) is 31.5 Å². The highest BCUT2D eigenvalue weighted by Crippen LogP contribution is 2.33. The van der Waals surface area contributed by atoms with Crippen LogP contribution in [0.2, 0.25) is 0 Å². The lowest BCUT2D eigenvalue weighted by atomic mass is 9.72. The van der Waals surface area contributed by atoms with Gasteiger partial charge >= 0.3 is 0 Å². The monoisotopic (exact) mass is 289 g/mol. The van der Waals surface area contributed by atoms with Crippen molar-refractivity contribution in [1.82, 2.24) is 16.0 Å². The first-order valence-electron chi connectivity index (χ1n) is 7.39. The summed E-state index contributed by atoms with van der Waals surface area (Å²) in [5.74, 6) is -0.244. The van der Waals surface area contributed by atoms with E-state index in [2.05, 4.69) is 16.0 Å². The van der Waals surface area contributed by atoms with Crippen molar-refractivity contribution in [2.75, 3.05) is 20.1 Å².